The third-order valence-electron chi connectivity index (χ3n) is 5.32. The van der Waals surface area contributed by atoms with Gasteiger partial charge in [0.1, 0.15) is 17.0 Å². The van der Waals surface area contributed by atoms with E-state index in [0.717, 1.165) is 11.1 Å². The molecule has 3 N–H and O–H groups in total. The van der Waals surface area contributed by atoms with E-state index in [2.05, 4.69) is 16.1 Å². The lowest BCUT2D eigenvalue weighted by atomic mass is 10.1. The van der Waals surface area contributed by atoms with E-state index in [9.17, 15) is 14.4 Å². The first-order valence-electron chi connectivity index (χ1n) is 10.8. The molecule has 4 rings (SSSR count). The molecule has 0 saturated carbocycles. The fourth-order valence-electron chi connectivity index (χ4n) is 3.84. The molecule has 0 aliphatic rings. The molecule has 0 atom stereocenters. The van der Waals surface area contributed by atoms with Crippen molar-refractivity contribution in [2.75, 3.05) is 23.2 Å². The first-order chi connectivity index (χ1) is 17.2. The average Bonchev–Trinajstić information content (AvgIpc) is 3.18. The van der Waals surface area contributed by atoms with Gasteiger partial charge in [0, 0.05) is 16.1 Å². The molecule has 0 saturated heterocycles. The number of benzene rings is 3. The van der Waals surface area contributed by atoms with Crippen LogP contribution in [0.5, 0.6) is 5.75 Å². The number of nitrogens with one attached hydrogen (secondary N) is 3. The smallest absolute Gasteiger partial charge is 0.328 e. The topological polar surface area (TPSA) is 101 Å². The molecule has 8 nitrogen and oxygen atoms in total. The van der Waals surface area contributed by atoms with Crippen molar-refractivity contribution in [3.05, 3.63) is 87.5 Å². The third kappa shape index (κ3) is 5.30. The maximum Gasteiger partial charge on any atom is 0.328 e. The molecule has 0 aliphatic heterocycles. The number of aryl methyl sites for hydroxylation is 2. The maximum atomic E-state index is 13.2. The van der Waals surface area contributed by atoms with Crippen molar-refractivity contribution in [3.8, 4) is 5.75 Å². The molecule has 0 bridgehead atoms. The van der Waals surface area contributed by atoms with Crippen LogP contribution in [0.1, 0.15) is 21.6 Å². The number of halogens is 2. The number of para-hydroxylation sites is 1. The monoisotopic (exact) mass is 524 g/mol. The predicted octanol–water partition coefficient (Wildman–Crippen LogP) is 5.53. The Hall–Kier alpha value is -4.01. The van der Waals surface area contributed by atoms with E-state index in [4.69, 9.17) is 27.9 Å². The molecule has 0 unspecified atom stereocenters. The van der Waals surface area contributed by atoms with E-state index in [1.165, 1.54) is 17.9 Å². The van der Waals surface area contributed by atoms with Gasteiger partial charge in [0.05, 0.1) is 17.8 Å². The van der Waals surface area contributed by atoms with E-state index in [-0.39, 0.29) is 10.7 Å². The molecule has 36 heavy (non-hydrogen) atoms. The normalized spacial score (nSPS) is 10.7. The van der Waals surface area contributed by atoms with Gasteiger partial charge in [0.15, 0.2) is 0 Å². The number of anilines is 2. The van der Waals surface area contributed by atoms with Crippen LogP contribution in [0.15, 0.2) is 60.7 Å². The zero-order chi connectivity index (χ0) is 26.0. The number of aromatic nitrogens is 1. The number of rotatable bonds is 5. The molecule has 1 aromatic heterocycles. The van der Waals surface area contributed by atoms with E-state index in [1.807, 2.05) is 19.9 Å². The van der Waals surface area contributed by atoms with Crippen molar-refractivity contribution >= 4 is 63.2 Å². The Bertz CT molecular complexity index is 1490. The summed E-state index contributed by atoms with van der Waals surface area (Å²) in [7, 11) is 1.47. The van der Waals surface area contributed by atoms with Gasteiger partial charge in [-0.15, -0.1) is 0 Å². The van der Waals surface area contributed by atoms with Crippen molar-refractivity contribution < 1.29 is 19.1 Å². The largest absolute Gasteiger partial charge is 0.494 e. The van der Waals surface area contributed by atoms with Gasteiger partial charge in [0.2, 0.25) is 0 Å². The molecule has 1 heterocycles. The minimum atomic E-state index is -0.976. The molecule has 4 aromatic rings. The minimum Gasteiger partial charge on any atom is -0.494 e. The Morgan fingerprint density at radius 1 is 0.861 bits per heavy atom. The summed E-state index contributed by atoms with van der Waals surface area (Å²) in [4.78, 5) is 38.8. The molecular formula is C26H22Cl2N4O4. The predicted molar refractivity (Wildman–Crippen MR) is 142 cm³/mol. The van der Waals surface area contributed by atoms with Crippen LogP contribution in [0, 0.1) is 13.8 Å². The van der Waals surface area contributed by atoms with Crippen molar-refractivity contribution in [2.24, 2.45) is 0 Å². The first kappa shape index (κ1) is 25.1. The Morgan fingerprint density at radius 3 is 2.25 bits per heavy atom. The summed E-state index contributed by atoms with van der Waals surface area (Å²) >= 11 is 12.1. The number of methoxy groups -OCH3 is 1. The maximum absolute atomic E-state index is 13.2. The van der Waals surface area contributed by atoms with Gasteiger partial charge in [-0.25, -0.2) is 4.68 Å². The lowest BCUT2D eigenvalue weighted by Gasteiger charge is -2.14. The third-order valence-corrected chi connectivity index (χ3v) is 5.87. The fourth-order valence-corrected chi connectivity index (χ4v) is 4.30. The second kappa shape index (κ2) is 10.3. The highest BCUT2D eigenvalue weighted by Crippen LogP contribution is 2.30. The highest BCUT2D eigenvalue weighted by Gasteiger charge is 2.23. The highest BCUT2D eigenvalue weighted by atomic mass is 35.5. The zero-order valence-electron chi connectivity index (χ0n) is 19.6. The van der Waals surface area contributed by atoms with E-state index in [0.29, 0.717) is 33.0 Å². The summed E-state index contributed by atoms with van der Waals surface area (Å²) in [6.45, 7) is 3.78. The van der Waals surface area contributed by atoms with Crippen molar-refractivity contribution in [1.82, 2.24) is 4.68 Å². The lowest BCUT2D eigenvalue weighted by molar-refractivity contribution is -0.133. The second-order valence-corrected chi connectivity index (χ2v) is 8.96. The fraction of sp³-hybridized carbons (Fsp3) is 0.115. The number of ether oxygens (including phenoxy) is 1. The molecule has 3 aromatic carbocycles. The Balaban J connectivity index is 1.68. The van der Waals surface area contributed by atoms with Crippen LogP contribution in [0.4, 0.5) is 11.4 Å². The average molecular weight is 525 g/mol. The molecule has 0 spiro atoms. The van der Waals surface area contributed by atoms with Crippen LogP contribution >= 0.6 is 23.2 Å². The zero-order valence-corrected chi connectivity index (χ0v) is 21.1. The summed E-state index contributed by atoms with van der Waals surface area (Å²) in [5, 5.41) is 6.56. The summed E-state index contributed by atoms with van der Waals surface area (Å²) in [6.07, 6.45) is 0. The minimum absolute atomic E-state index is 0.0491. The van der Waals surface area contributed by atoms with Crippen LogP contribution in [0.3, 0.4) is 0 Å². The molecule has 0 radical (unpaired) electrons. The molecule has 10 heteroatoms. The number of amides is 3. The van der Waals surface area contributed by atoms with Crippen LogP contribution in [0.2, 0.25) is 10.0 Å². The number of fused-ring (bicyclic) bond motifs is 1. The van der Waals surface area contributed by atoms with E-state index >= 15 is 0 Å². The number of carbonyl (C=O) groups excluding carboxylic acids is 3. The quantitative estimate of drug-likeness (QED) is 0.298. The van der Waals surface area contributed by atoms with Gasteiger partial charge < -0.3 is 15.4 Å². The Labute approximate surface area is 217 Å². The summed E-state index contributed by atoms with van der Waals surface area (Å²) in [6, 6.07) is 16.8. The molecular weight excluding hydrogens is 503 g/mol. The van der Waals surface area contributed by atoms with Crippen LogP contribution in [-0.4, -0.2) is 29.5 Å². The second-order valence-electron chi connectivity index (χ2n) is 8.11. The first-order valence-corrected chi connectivity index (χ1v) is 11.6. The van der Waals surface area contributed by atoms with Crippen molar-refractivity contribution in [1.29, 1.82) is 0 Å². The molecule has 0 fully saturated rings. The summed E-state index contributed by atoms with van der Waals surface area (Å²) in [5.41, 5.74) is 5.66. The number of nitrogens with zero attached hydrogens (tertiary/aromatic N) is 1. The van der Waals surface area contributed by atoms with E-state index < -0.39 is 17.7 Å². The van der Waals surface area contributed by atoms with Gasteiger partial charge in [-0.05, 0) is 67.4 Å². The SMILES string of the molecule is COc1cccc2cc(C(=O)Nc3ccc(Cl)cc3Cl)n(NC(=O)C(=O)Nc3cc(C)cc(C)c3)c12. The Morgan fingerprint density at radius 2 is 1.58 bits per heavy atom. The number of hydrogen-bond acceptors (Lipinski definition) is 4. The standard InChI is InChI=1S/C26H22Cl2N4O4/c1-14-9-15(2)11-18(10-14)29-25(34)26(35)31-32-21(12-16-5-4-6-22(36-3)23(16)32)24(33)30-20-8-7-17(27)13-19(20)28/h4-13H,1-3H3,(H,29,34)(H,30,33)(H,31,35). The van der Waals surface area contributed by atoms with Gasteiger partial charge in [-0.3, -0.25) is 19.8 Å². The number of hydrogen-bond donors (Lipinski definition) is 3. The van der Waals surface area contributed by atoms with E-state index in [1.54, 1.807) is 48.5 Å². The Kier molecular flexibility index (Phi) is 7.19. The van der Waals surface area contributed by atoms with Crippen LogP contribution in [0.25, 0.3) is 10.9 Å². The molecule has 3 amide bonds. The van der Waals surface area contributed by atoms with Crippen molar-refractivity contribution in [2.45, 2.75) is 13.8 Å². The highest BCUT2D eigenvalue weighted by molar-refractivity contribution is 6.42. The number of carbonyl (C=O) groups is 3. The van der Waals surface area contributed by atoms with Gasteiger partial charge in [-0.1, -0.05) is 41.4 Å². The summed E-state index contributed by atoms with van der Waals surface area (Å²) < 4.78 is 6.65. The van der Waals surface area contributed by atoms with Crippen LogP contribution < -0.4 is 20.8 Å². The summed E-state index contributed by atoms with van der Waals surface area (Å²) in [5.74, 6) is -2.06. The molecule has 0 aliphatic carbocycles. The molecule has 184 valence electrons. The van der Waals surface area contributed by atoms with Gasteiger partial charge >= 0.3 is 11.8 Å². The van der Waals surface area contributed by atoms with Gasteiger partial charge in [0.25, 0.3) is 5.91 Å². The van der Waals surface area contributed by atoms with Crippen molar-refractivity contribution in [3.63, 3.8) is 0 Å². The lowest BCUT2D eigenvalue weighted by Crippen LogP contribution is -2.36. The van der Waals surface area contributed by atoms with Crippen LogP contribution in [-0.2, 0) is 9.59 Å². The van der Waals surface area contributed by atoms with Gasteiger partial charge in [-0.2, -0.15) is 0 Å².